The van der Waals surface area contributed by atoms with Crippen LogP contribution in [0.1, 0.15) is 21.7 Å². The van der Waals surface area contributed by atoms with Crippen LogP contribution in [0.25, 0.3) is 0 Å². The van der Waals surface area contributed by atoms with Gasteiger partial charge in [-0.05, 0) is 42.3 Å². The van der Waals surface area contributed by atoms with Gasteiger partial charge >= 0.3 is 0 Å². The van der Waals surface area contributed by atoms with E-state index in [4.69, 9.17) is 16.0 Å². The molecule has 0 aliphatic heterocycles. The molecule has 0 aromatic carbocycles. The van der Waals surface area contributed by atoms with Crippen LogP contribution >= 0.6 is 11.6 Å². The molecule has 98 valence electrons. The molecular weight excluding hydrogens is 268 g/mol. The summed E-state index contributed by atoms with van der Waals surface area (Å²) in [6, 6.07) is 4.81. The van der Waals surface area contributed by atoms with Crippen molar-refractivity contribution < 1.29 is 14.0 Å². The summed E-state index contributed by atoms with van der Waals surface area (Å²) in [6.07, 6.45) is 2.98. The summed E-state index contributed by atoms with van der Waals surface area (Å²) in [7, 11) is 0. The van der Waals surface area contributed by atoms with Gasteiger partial charge in [0.25, 0.3) is 5.24 Å². The highest BCUT2D eigenvalue weighted by Gasteiger charge is 2.10. The second-order valence-corrected chi connectivity index (χ2v) is 4.30. The van der Waals surface area contributed by atoms with Crippen LogP contribution in [0, 0.1) is 6.92 Å². The first-order valence-electron chi connectivity index (χ1n) is 5.55. The molecule has 0 aliphatic rings. The highest BCUT2D eigenvalue weighted by Crippen LogP contribution is 2.11. The third-order valence-electron chi connectivity index (χ3n) is 2.55. The first-order valence-corrected chi connectivity index (χ1v) is 5.93. The number of aromatic nitrogens is 1. The Morgan fingerprint density at radius 3 is 2.68 bits per heavy atom. The van der Waals surface area contributed by atoms with Gasteiger partial charge in [-0.15, -0.1) is 0 Å². The van der Waals surface area contributed by atoms with Crippen LogP contribution in [0.15, 0.2) is 35.1 Å². The molecular formula is C13H11ClN2O3. The average Bonchev–Trinajstić information content (AvgIpc) is 2.75. The maximum atomic E-state index is 11.7. The number of nitrogens with zero attached hydrogens (tertiary/aromatic N) is 1. The van der Waals surface area contributed by atoms with Crippen LogP contribution in [0.5, 0.6) is 0 Å². The number of hydrogen-bond acceptors (Lipinski definition) is 4. The van der Waals surface area contributed by atoms with Crippen molar-refractivity contribution in [1.29, 1.82) is 0 Å². The number of carbonyl (C=O) groups is 2. The minimum Gasteiger partial charge on any atom is -0.469 e. The largest absolute Gasteiger partial charge is 0.469 e. The molecule has 0 atom stereocenters. The molecule has 0 radical (unpaired) electrons. The van der Waals surface area contributed by atoms with Gasteiger partial charge in [0.05, 0.1) is 18.2 Å². The van der Waals surface area contributed by atoms with E-state index in [2.05, 4.69) is 10.3 Å². The van der Waals surface area contributed by atoms with Crippen molar-refractivity contribution in [2.45, 2.75) is 13.3 Å². The third kappa shape index (κ3) is 3.42. The Morgan fingerprint density at radius 2 is 2.16 bits per heavy atom. The summed E-state index contributed by atoms with van der Waals surface area (Å²) in [5.41, 5.74) is 1.20. The summed E-state index contributed by atoms with van der Waals surface area (Å²) in [4.78, 5) is 26.5. The summed E-state index contributed by atoms with van der Waals surface area (Å²) >= 11 is 5.29. The summed E-state index contributed by atoms with van der Waals surface area (Å²) < 4.78 is 5.18. The second kappa shape index (κ2) is 5.67. The Hall–Kier alpha value is -2.14. The van der Waals surface area contributed by atoms with E-state index in [1.54, 1.807) is 6.07 Å². The topological polar surface area (TPSA) is 72.2 Å². The van der Waals surface area contributed by atoms with Crippen LogP contribution in [0.4, 0.5) is 5.82 Å². The fraction of sp³-hybridized carbons (Fsp3) is 0.154. The fourth-order valence-corrected chi connectivity index (χ4v) is 1.61. The molecule has 0 saturated carbocycles. The standard InChI is InChI=1S/C13H11ClN2O3/c1-8-4-5-19-10(8)6-12(17)16-11-3-2-9(7-15-11)13(14)18/h2-5,7H,6H2,1H3,(H,15,16,17). The predicted molar refractivity (Wildman–Crippen MR) is 70.2 cm³/mol. The van der Waals surface area contributed by atoms with E-state index < -0.39 is 5.24 Å². The summed E-state index contributed by atoms with van der Waals surface area (Å²) in [5, 5.41) is 2.02. The van der Waals surface area contributed by atoms with Crippen LogP contribution in [-0.4, -0.2) is 16.1 Å². The molecule has 1 N–H and O–H groups in total. The van der Waals surface area contributed by atoms with Crippen molar-refractivity contribution in [1.82, 2.24) is 4.98 Å². The molecule has 0 saturated heterocycles. The molecule has 0 fully saturated rings. The average molecular weight is 279 g/mol. The Kier molecular flexibility index (Phi) is 3.97. The lowest BCUT2D eigenvalue weighted by atomic mass is 10.2. The molecule has 0 bridgehead atoms. The molecule has 0 aliphatic carbocycles. The first kappa shape index (κ1) is 13.3. The normalized spacial score (nSPS) is 10.2. The number of carbonyl (C=O) groups excluding carboxylic acids is 2. The van der Waals surface area contributed by atoms with E-state index in [-0.39, 0.29) is 17.9 Å². The first-order chi connectivity index (χ1) is 9.06. The molecule has 6 heteroatoms. The van der Waals surface area contributed by atoms with Gasteiger partial charge in [-0.3, -0.25) is 9.59 Å². The van der Waals surface area contributed by atoms with Gasteiger partial charge in [-0.25, -0.2) is 4.98 Å². The van der Waals surface area contributed by atoms with Crippen LogP contribution in [0.3, 0.4) is 0 Å². The molecule has 2 rings (SSSR count). The maximum Gasteiger partial charge on any atom is 0.253 e. The Labute approximate surface area is 114 Å². The second-order valence-electron chi connectivity index (χ2n) is 3.96. The molecule has 1 amide bonds. The van der Waals surface area contributed by atoms with Crippen molar-refractivity contribution in [3.8, 4) is 0 Å². The molecule has 2 aromatic heterocycles. The van der Waals surface area contributed by atoms with Crippen molar-refractivity contribution in [3.63, 3.8) is 0 Å². The number of halogens is 1. The Morgan fingerprint density at radius 1 is 1.37 bits per heavy atom. The van der Waals surface area contributed by atoms with Gasteiger partial charge in [-0.1, -0.05) is 0 Å². The Balaban J connectivity index is 1.99. The van der Waals surface area contributed by atoms with Crippen molar-refractivity contribution in [2.24, 2.45) is 0 Å². The zero-order chi connectivity index (χ0) is 13.8. The Bertz CT molecular complexity index is 605. The monoisotopic (exact) mass is 278 g/mol. The van der Waals surface area contributed by atoms with E-state index in [0.29, 0.717) is 11.6 Å². The molecule has 0 spiro atoms. The lowest BCUT2D eigenvalue weighted by molar-refractivity contribution is -0.115. The van der Waals surface area contributed by atoms with Gasteiger partial charge in [0.15, 0.2) is 0 Å². The van der Waals surface area contributed by atoms with Crippen LogP contribution in [-0.2, 0) is 11.2 Å². The molecule has 0 unspecified atom stereocenters. The number of aryl methyl sites for hydroxylation is 1. The molecule has 2 heterocycles. The lowest BCUT2D eigenvalue weighted by Gasteiger charge is -2.03. The number of amides is 1. The smallest absolute Gasteiger partial charge is 0.253 e. The minimum atomic E-state index is -0.586. The molecule has 5 nitrogen and oxygen atoms in total. The van der Waals surface area contributed by atoms with Crippen molar-refractivity contribution >= 4 is 28.6 Å². The highest BCUT2D eigenvalue weighted by atomic mass is 35.5. The van der Waals surface area contributed by atoms with Gasteiger partial charge < -0.3 is 9.73 Å². The van der Waals surface area contributed by atoms with Gasteiger partial charge in [-0.2, -0.15) is 0 Å². The third-order valence-corrected chi connectivity index (χ3v) is 2.77. The van der Waals surface area contributed by atoms with E-state index in [1.807, 2.05) is 6.92 Å². The zero-order valence-corrected chi connectivity index (χ0v) is 10.9. The number of hydrogen-bond donors (Lipinski definition) is 1. The summed E-state index contributed by atoms with van der Waals surface area (Å²) in [5.74, 6) is 0.733. The zero-order valence-electron chi connectivity index (χ0n) is 10.1. The quantitative estimate of drug-likeness (QED) is 0.873. The lowest BCUT2D eigenvalue weighted by Crippen LogP contribution is -2.15. The SMILES string of the molecule is Cc1ccoc1CC(=O)Nc1ccc(C(=O)Cl)cn1. The van der Waals surface area contributed by atoms with Gasteiger partial charge in [0.2, 0.25) is 5.91 Å². The fourth-order valence-electron chi connectivity index (χ4n) is 1.50. The summed E-state index contributed by atoms with van der Waals surface area (Å²) in [6.45, 7) is 1.87. The van der Waals surface area contributed by atoms with Gasteiger partial charge in [0, 0.05) is 6.20 Å². The molecule has 19 heavy (non-hydrogen) atoms. The molecule has 2 aromatic rings. The van der Waals surface area contributed by atoms with E-state index in [0.717, 1.165) is 5.56 Å². The predicted octanol–water partition coefficient (Wildman–Crippen LogP) is 2.54. The van der Waals surface area contributed by atoms with E-state index >= 15 is 0 Å². The van der Waals surface area contributed by atoms with Gasteiger partial charge in [0.1, 0.15) is 11.6 Å². The number of furan rings is 1. The number of pyridine rings is 1. The highest BCUT2D eigenvalue weighted by molar-refractivity contribution is 6.67. The number of rotatable bonds is 4. The van der Waals surface area contributed by atoms with Crippen molar-refractivity contribution in [2.75, 3.05) is 5.32 Å². The number of nitrogens with one attached hydrogen (secondary N) is 1. The minimum absolute atomic E-state index is 0.136. The maximum absolute atomic E-state index is 11.7. The van der Waals surface area contributed by atoms with Crippen molar-refractivity contribution in [3.05, 3.63) is 47.5 Å². The van der Waals surface area contributed by atoms with E-state index in [1.165, 1.54) is 24.6 Å². The van der Waals surface area contributed by atoms with Crippen LogP contribution in [0.2, 0.25) is 0 Å². The van der Waals surface area contributed by atoms with E-state index in [9.17, 15) is 9.59 Å². The van der Waals surface area contributed by atoms with Crippen LogP contribution < -0.4 is 5.32 Å². The number of anilines is 1.